The van der Waals surface area contributed by atoms with Gasteiger partial charge in [-0.2, -0.15) is 0 Å². The van der Waals surface area contributed by atoms with Gasteiger partial charge in [-0.15, -0.1) is 0 Å². The number of allylic oxidation sites excluding steroid dienone is 2. The summed E-state index contributed by atoms with van der Waals surface area (Å²) in [5, 5.41) is 0. The number of carbonyl (C=O) groups is 2. The number of ether oxygens (including phenoxy) is 2. The molecule has 2 amide bonds. The van der Waals surface area contributed by atoms with Crippen molar-refractivity contribution < 1.29 is 19.1 Å². The number of imide groups is 1. The molecule has 2 rings (SSSR count). The molecule has 1 aliphatic carbocycles. The van der Waals surface area contributed by atoms with E-state index in [1.807, 2.05) is 19.1 Å². The highest BCUT2D eigenvalue weighted by atomic mass is 16.5. The lowest BCUT2D eigenvalue weighted by molar-refractivity contribution is -0.137. The summed E-state index contributed by atoms with van der Waals surface area (Å²) in [6.45, 7) is 4.48. The molecule has 1 fully saturated rings. The van der Waals surface area contributed by atoms with Crippen molar-refractivity contribution >= 4 is 11.8 Å². The van der Waals surface area contributed by atoms with Crippen molar-refractivity contribution in [2.24, 2.45) is 0 Å². The highest BCUT2D eigenvalue weighted by Gasteiger charge is 2.38. The molecule has 5 nitrogen and oxygen atoms in total. The third-order valence-corrected chi connectivity index (χ3v) is 3.28. The van der Waals surface area contributed by atoms with Crippen LogP contribution < -0.4 is 0 Å². The van der Waals surface area contributed by atoms with Gasteiger partial charge >= 0.3 is 0 Å². The monoisotopic (exact) mass is 279 g/mol. The fourth-order valence-electron chi connectivity index (χ4n) is 2.29. The highest BCUT2D eigenvalue weighted by molar-refractivity contribution is 6.24. The second kappa shape index (κ2) is 7.36. The second-order valence-electron chi connectivity index (χ2n) is 4.80. The maximum Gasteiger partial charge on any atom is 0.261 e. The largest absolute Gasteiger partial charge is 0.379 e. The zero-order chi connectivity index (χ0) is 14.4. The lowest BCUT2D eigenvalue weighted by Crippen LogP contribution is -2.33. The lowest BCUT2D eigenvalue weighted by atomic mass is 10.0. The number of nitrogens with zero attached hydrogens (tertiary/aromatic N) is 1. The topological polar surface area (TPSA) is 55.8 Å². The average Bonchev–Trinajstić information content (AvgIpc) is 2.71. The van der Waals surface area contributed by atoms with Crippen LogP contribution in [0.25, 0.3) is 0 Å². The maximum atomic E-state index is 12.1. The molecule has 0 radical (unpaired) electrons. The van der Waals surface area contributed by atoms with Crippen molar-refractivity contribution in [2.75, 3.05) is 33.0 Å². The number of fused-ring (bicyclic) bond motifs is 1. The van der Waals surface area contributed by atoms with Crippen LogP contribution in [0, 0.1) is 0 Å². The minimum atomic E-state index is -0.188. The summed E-state index contributed by atoms with van der Waals surface area (Å²) < 4.78 is 10.7. The first-order valence-electron chi connectivity index (χ1n) is 7.18. The van der Waals surface area contributed by atoms with Crippen LogP contribution >= 0.6 is 0 Å². The summed E-state index contributed by atoms with van der Waals surface area (Å²) in [7, 11) is 0. The van der Waals surface area contributed by atoms with Gasteiger partial charge in [0.25, 0.3) is 11.8 Å². The van der Waals surface area contributed by atoms with E-state index in [1.54, 1.807) is 0 Å². The average molecular weight is 279 g/mol. The molecule has 1 saturated heterocycles. The molecule has 0 spiro atoms. The summed E-state index contributed by atoms with van der Waals surface area (Å²) in [4.78, 5) is 25.4. The van der Waals surface area contributed by atoms with Gasteiger partial charge in [0, 0.05) is 17.8 Å². The van der Waals surface area contributed by atoms with Crippen molar-refractivity contribution in [1.82, 2.24) is 4.90 Å². The molecule has 1 heterocycles. The number of carbonyl (C=O) groups excluding carboxylic acids is 2. The van der Waals surface area contributed by atoms with Crippen molar-refractivity contribution in [2.45, 2.75) is 26.2 Å². The van der Waals surface area contributed by atoms with Crippen LogP contribution in [0.1, 0.15) is 26.2 Å². The Kier molecular flexibility index (Phi) is 5.49. The van der Waals surface area contributed by atoms with E-state index in [4.69, 9.17) is 9.47 Å². The molecule has 1 aliphatic heterocycles. The molecule has 0 atom stereocenters. The quantitative estimate of drug-likeness (QED) is 0.498. The maximum absolute atomic E-state index is 12.1. The summed E-state index contributed by atoms with van der Waals surface area (Å²) in [6, 6.07) is 0. The van der Waals surface area contributed by atoms with Gasteiger partial charge in [0.05, 0.1) is 26.4 Å². The zero-order valence-corrected chi connectivity index (χ0v) is 11.9. The van der Waals surface area contributed by atoms with Gasteiger partial charge in [0.15, 0.2) is 0 Å². The molecule has 5 heteroatoms. The van der Waals surface area contributed by atoms with E-state index in [2.05, 4.69) is 0 Å². The molecular formula is C15H21NO4. The van der Waals surface area contributed by atoms with Crippen LogP contribution in [0.3, 0.4) is 0 Å². The Morgan fingerprint density at radius 2 is 1.50 bits per heavy atom. The Balaban J connectivity index is 1.74. The van der Waals surface area contributed by atoms with E-state index in [1.165, 1.54) is 4.90 Å². The first-order chi connectivity index (χ1) is 9.75. The molecule has 2 aliphatic rings. The van der Waals surface area contributed by atoms with Crippen molar-refractivity contribution in [3.8, 4) is 0 Å². The van der Waals surface area contributed by atoms with E-state index in [0.29, 0.717) is 37.5 Å². The molecule has 0 saturated carbocycles. The van der Waals surface area contributed by atoms with E-state index < -0.39 is 0 Å². The van der Waals surface area contributed by atoms with Crippen LogP contribution in [0.5, 0.6) is 0 Å². The van der Waals surface area contributed by atoms with Gasteiger partial charge < -0.3 is 9.47 Å². The predicted molar refractivity (Wildman–Crippen MR) is 74.0 cm³/mol. The lowest BCUT2D eigenvalue weighted by Gasteiger charge is -2.13. The molecule has 0 unspecified atom stereocenters. The van der Waals surface area contributed by atoms with Gasteiger partial charge in [-0.3, -0.25) is 14.5 Å². The Bertz CT molecular complexity index is 407. The normalized spacial score (nSPS) is 18.1. The molecule has 110 valence electrons. The Morgan fingerprint density at radius 1 is 0.950 bits per heavy atom. The molecular weight excluding hydrogens is 258 g/mol. The minimum absolute atomic E-state index is 0.188. The molecule has 0 bridgehead atoms. The standard InChI is InChI=1S/C15H21NO4/c1-2-8-19-10-11-20-9-7-16-14(17)12-5-3-4-6-13(12)15(16)18/h5-6H,2-4,7-11H2,1H3. The Hall–Kier alpha value is -1.46. The SMILES string of the molecule is CCCOCCOCCN1C(=O)C2=CCCC=C2C1=O. The fraction of sp³-hybridized carbons (Fsp3) is 0.600. The number of hydrogen-bond donors (Lipinski definition) is 0. The first-order valence-corrected chi connectivity index (χ1v) is 7.18. The number of likely N-dealkylation sites (tertiary alicyclic amines) is 1. The van der Waals surface area contributed by atoms with E-state index in [9.17, 15) is 9.59 Å². The minimum Gasteiger partial charge on any atom is -0.379 e. The summed E-state index contributed by atoms with van der Waals surface area (Å²) in [5.41, 5.74) is 1.13. The molecule has 20 heavy (non-hydrogen) atoms. The molecule has 0 N–H and O–H groups in total. The smallest absolute Gasteiger partial charge is 0.261 e. The number of hydrogen-bond acceptors (Lipinski definition) is 4. The Morgan fingerprint density at radius 3 is 2.05 bits per heavy atom. The van der Waals surface area contributed by atoms with E-state index >= 15 is 0 Å². The fourth-order valence-corrected chi connectivity index (χ4v) is 2.29. The van der Waals surface area contributed by atoms with Gasteiger partial charge in [-0.25, -0.2) is 0 Å². The van der Waals surface area contributed by atoms with E-state index in [-0.39, 0.29) is 11.8 Å². The molecule has 0 aromatic carbocycles. The third-order valence-electron chi connectivity index (χ3n) is 3.28. The number of amides is 2. The van der Waals surface area contributed by atoms with Crippen molar-refractivity contribution in [3.63, 3.8) is 0 Å². The summed E-state index contributed by atoms with van der Waals surface area (Å²) in [6.07, 6.45) is 6.36. The van der Waals surface area contributed by atoms with Crippen molar-refractivity contribution in [3.05, 3.63) is 23.3 Å². The van der Waals surface area contributed by atoms with Crippen LogP contribution in [0.4, 0.5) is 0 Å². The van der Waals surface area contributed by atoms with Crippen LogP contribution in [-0.4, -0.2) is 49.7 Å². The predicted octanol–water partition coefficient (Wildman–Crippen LogP) is 1.44. The van der Waals surface area contributed by atoms with Crippen LogP contribution in [0.2, 0.25) is 0 Å². The summed E-state index contributed by atoms with van der Waals surface area (Å²) >= 11 is 0. The summed E-state index contributed by atoms with van der Waals surface area (Å²) in [5.74, 6) is -0.376. The first kappa shape index (κ1) is 14.9. The molecule has 0 aromatic rings. The highest BCUT2D eigenvalue weighted by Crippen LogP contribution is 2.29. The second-order valence-corrected chi connectivity index (χ2v) is 4.80. The third kappa shape index (κ3) is 3.35. The van der Waals surface area contributed by atoms with Crippen LogP contribution in [0.15, 0.2) is 23.3 Å². The van der Waals surface area contributed by atoms with Gasteiger partial charge in [0.1, 0.15) is 0 Å². The van der Waals surface area contributed by atoms with Crippen molar-refractivity contribution in [1.29, 1.82) is 0 Å². The van der Waals surface area contributed by atoms with Gasteiger partial charge in [-0.1, -0.05) is 19.1 Å². The Labute approximate surface area is 119 Å². The number of rotatable bonds is 8. The molecule has 0 aromatic heterocycles. The van der Waals surface area contributed by atoms with Crippen LogP contribution in [-0.2, 0) is 19.1 Å². The van der Waals surface area contributed by atoms with E-state index in [0.717, 1.165) is 25.9 Å². The van der Waals surface area contributed by atoms with Gasteiger partial charge in [-0.05, 0) is 19.3 Å². The van der Waals surface area contributed by atoms with Gasteiger partial charge in [0.2, 0.25) is 0 Å². The zero-order valence-electron chi connectivity index (χ0n) is 11.9.